The van der Waals surface area contributed by atoms with Crippen molar-refractivity contribution in [1.29, 1.82) is 0 Å². The fourth-order valence-electron chi connectivity index (χ4n) is 3.69. The minimum absolute atomic E-state index is 0.136. The van der Waals surface area contributed by atoms with Crippen molar-refractivity contribution in [3.63, 3.8) is 0 Å². The van der Waals surface area contributed by atoms with Crippen LogP contribution in [0.4, 0.5) is 0 Å². The van der Waals surface area contributed by atoms with Crippen LogP contribution in [0.1, 0.15) is 18.4 Å². The van der Waals surface area contributed by atoms with Crippen LogP contribution in [0.3, 0.4) is 0 Å². The summed E-state index contributed by atoms with van der Waals surface area (Å²) in [5.74, 6) is 1.51. The maximum Gasteiger partial charge on any atom is 0.227 e. The molecule has 1 saturated heterocycles. The van der Waals surface area contributed by atoms with Gasteiger partial charge in [0.05, 0.1) is 11.3 Å². The molecule has 1 aliphatic carbocycles. The smallest absolute Gasteiger partial charge is 0.227 e. The fourth-order valence-corrected chi connectivity index (χ4v) is 4.32. The van der Waals surface area contributed by atoms with E-state index in [2.05, 4.69) is 19.0 Å². The summed E-state index contributed by atoms with van der Waals surface area (Å²) in [5, 5.41) is 0. The second kappa shape index (κ2) is 6.48. The number of likely N-dealkylation sites (N-methyl/N-ethyl adjacent to an activating group) is 1. The molecule has 0 spiro atoms. The lowest BCUT2D eigenvalue weighted by atomic mass is 9.97. The number of nitrogens with zero attached hydrogens (tertiary/aromatic N) is 2. The summed E-state index contributed by atoms with van der Waals surface area (Å²) in [4.78, 5) is 17.2. The van der Waals surface area contributed by atoms with Crippen molar-refractivity contribution in [2.75, 3.05) is 33.4 Å². The molecule has 2 aliphatic rings. The number of hydrogen-bond acceptors (Lipinski definition) is 4. The van der Waals surface area contributed by atoms with Crippen LogP contribution in [0.2, 0.25) is 0 Å². The van der Waals surface area contributed by atoms with E-state index in [0.29, 0.717) is 23.3 Å². The Balaban J connectivity index is 1.65. The standard InChI is InChI=1S/C18H26N2O3S/c1-19(2)17-12-20(11-16(17)14-6-7-14)18(21)10-13-4-8-15(9-5-13)24(3,22)23/h4-5,8-9,14,16-17H,6-7,10-12H2,1-3H3/t16-,17+/m1/s1. The van der Waals surface area contributed by atoms with Crippen molar-refractivity contribution in [1.82, 2.24) is 9.80 Å². The third kappa shape index (κ3) is 3.81. The molecule has 0 unspecified atom stereocenters. The van der Waals surface area contributed by atoms with Crippen molar-refractivity contribution in [3.05, 3.63) is 29.8 Å². The van der Waals surface area contributed by atoms with E-state index < -0.39 is 9.84 Å². The zero-order valence-corrected chi connectivity index (χ0v) is 15.4. The summed E-state index contributed by atoms with van der Waals surface area (Å²) in [6.07, 6.45) is 4.12. The van der Waals surface area contributed by atoms with Crippen molar-refractivity contribution >= 4 is 15.7 Å². The van der Waals surface area contributed by atoms with Gasteiger partial charge in [0.15, 0.2) is 9.84 Å². The van der Waals surface area contributed by atoms with Crippen molar-refractivity contribution < 1.29 is 13.2 Å². The number of likely N-dealkylation sites (tertiary alicyclic amines) is 1. The molecule has 0 N–H and O–H groups in total. The fraction of sp³-hybridized carbons (Fsp3) is 0.611. The van der Waals surface area contributed by atoms with Gasteiger partial charge in [-0.05, 0) is 56.5 Å². The van der Waals surface area contributed by atoms with Gasteiger partial charge in [0.2, 0.25) is 5.91 Å². The lowest BCUT2D eigenvalue weighted by Crippen LogP contribution is -2.37. The number of sulfone groups is 1. The van der Waals surface area contributed by atoms with Gasteiger partial charge in [-0.1, -0.05) is 12.1 Å². The predicted molar refractivity (Wildman–Crippen MR) is 93.5 cm³/mol. The van der Waals surface area contributed by atoms with Gasteiger partial charge in [0.25, 0.3) is 0 Å². The topological polar surface area (TPSA) is 57.7 Å². The second-order valence-corrected chi connectivity index (χ2v) is 9.44. The zero-order valence-electron chi connectivity index (χ0n) is 14.6. The van der Waals surface area contributed by atoms with Crippen LogP contribution in [-0.4, -0.2) is 63.6 Å². The number of hydrogen-bond donors (Lipinski definition) is 0. The van der Waals surface area contributed by atoms with E-state index in [1.54, 1.807) is 24.3 Å². The molecule has 1 aromatic carbocycles. The molecule has 1 aliphatic heterocycles. The molecule has 0 radical (unpaired) electrons. The lowest BCUT2D eigenvalue weighted by molar-refractivity contribution is -0.129. The van der Waals surface area contributed by atoms with Gasteiger partial charge in [-0.25, -0.2) is 8.42 Å². The molecule has 1 amide bonds. The molecule has 0 aromatic heterocycles. The summed E-state index contributed by atoms with van der Waals surface area (Å²) in [6.45, 7) is 1.65. The molecule has 24 heavy (non-hydrogen) atoms. The molecule has 2 fully saturated rings. The Morgan fingerprint density at radius 3 is 2.29 bits per heavy atom. The van der Waals surface area contributed by atoms with E-state index in [1.807, 2.05) is 4.90 Å². The second-order valence-electron chi connectivity index (χ2n) is 7.42. The molecule has 132 valence electrons. The molecule has 6 heteroatoms. The van der Waals surface area contributed by atoms with Gasteiger partial charge >= 0.3 is 0 Å². The number of benzene rings is 1. The minimum atomic E-state index is -3.19. The predicted octanol–water partition coefficient (Wildman–Crippen LogP) is 1.43. The van der Waals surface area contributed by atoms with E-state index in [1.165, 1.54) is 19.1 Å². The summed E-state index contributed by atoms with van der Waals surface area (Å²) in [7, 11) is 0.999. The molecular formula is C18H26N2O3S. The van der Waals surface area contributed by atoms with E-state index in [-0.39, 0.29) is 5.91 Å². The molecular weight excluding hydrogens is 324 g/mol. The molecule has 1 heterocycles. The highest BCUT2D eigenvalue weighted by Crippen LogP contribution is 2.42. The van der Waals surface area contributed by atoms with E-state index in [0.717, 1.165) is 24.6 Å². The van der Waals surface area contributed by atoms with Gasteiger partial charge < -0.3 is 9.80 Å². The third-order valence-electron chi connectivity index (χ3n) is 5.28. The number of carbonyl (C=O) groups excluding carboxylic acids is 1. The summed E-state index contributed by atoms with van der Waals surface area (Å²) < 4.78 is 23.0. The van der Waals surface area contributed by atoms with Crippen LogP contribution >= 0.6 is 0 Å². The maximum absolute atomic E-state index is 12.6. The molecule has 0 bridgehead atoms. The molecule has 1 aromatic rings. The molecule has 2 atom stereocenters. The summed E-state index contributed by atoms with van der Waals surface area (Å²) in [6, 6.07) is 7.10. The monoisotopic (exact) mass is 350 g/mol. The average Bonchev–Trinajstić information content (AvgIpc) is 3.24. The first-order chi connectivity index (χ1) is 11.3. The van der Waals surface area contributed by atoms with E-state index >= 15 is 0 Å². The Morgan fingerprint density at radius 2 is 1.79 bits per heavy atom. The van der Waals surface area contributed by atoms with Crippen LogP contribution in [0, 0.1) is 11.8 Å². The number of amides is 1. The van der Waals surface area contributed by atoms with Gasteiger partial charge in [0.1, 0.15) is 0 Å². The molecule has 1 saturated carbocycles. The zero-order chi connectivity index (χ0) is 17.5. The molecule has 5 nitrogen and oxygen atoms in total. The lowest BCUT2D eigenvalue weighted by Gasteiger charge is -2.24. The van der Waals surface area contributed by atoms with Crippen LogP contribution < -0.4 is 0 Å². The van der Waals surface area contributed by atoms with Gasteiger partial charge in [0, 0.05) is 25.4 Å². The van der Waals surface area contributed by atoms with Gasteiger partial charge in [-0.2, -0.15) is 0 Å². The third-order valence-corrected chi connectivity index (χ3v) is 6.41. The number of rotatable bonds is 5. The Hall–Kier alpha value is -1.40. The average molecular weight is 350 g/mol. The Bertz CT molecular complexity index is 698. The summed E-state index contributed by atoms with van der Waals surface area (Å²) in [5.41, 5.74) is 0.865. The van der Waals surface area contributed by atoms with E-state index in [4.69, 9.17) is 0 Å². The Labute approximate surface area is 144 Å². The van der Waals surface area contributed by atoms with E-state index in [9.17, 15) is 13.2 Å². The van der Waals surface area contributed by atoms with Crippen LogP contribution in [0.25, 0.3) is 0 Å². The quantitative estimate of drug-likeness (QED) is 0.806. The van der Waals surface area contributed by atoms with Gasteiger partial charge in [-0.15, -0.1) is 0 Å². The largest absolute Gasteiger partial charge is 0.340 e. The molecule has 3 rings (SSSR count). The maximum atomic E-state index is 12.6. The van der Waals surface area contributed by atoms with Crippen molar-refractivity contribution in [2.24, 2.45) is 11.8 Å². The first-order valence-corrected chi connectivity index (χ1v) is 10.4. The van der Waals surface area contributed by atoms with Crippen molar-refractivity contribution in [3.8, 4) is 0 Å². The Morgan fingerprint density at radius 1 is 1.17 bits per heavy atom. The highest BCUT2D eigenvalue weighted by molar-refractivity contribution is 7.90. The first-order valence-electron chi connectivity index (χ1n) is 8.49. The van der Waals surface area contributed by atoms with Crippen LogP contribution in [0.15, 0.2) is 29.2 Å². The SMILES string of the molecule is CN(C)[C@H]1CN(C(=O)Cc2ccc(S(C)(=O)=O)cc2)C[C@@H]1C1CC1. The Kier molecular flexibility index (Phi) is 4.71. The van der Waals surface area contributed by atoms with Crippen molar-refractivity contribution in [2.45, 2.75) is 30.2 Å². The number of carbonyl (C=O) groups is 1. The summed E-state index contributed by atoms with van der Waals surface area (Å²) >= 11 is 0. The highest BCUT2D eigenvalue weighted by atomic mass is 32.2. The minimum Gasteiger partial charge on any atom is -0.340 e. The normalized spacial score (nSPS) is 24.6. The highest BCUT2D eigenvalue weighted by Gasteiger charge is 2.44. The van der Waals surface area contributed by atoms with Crippen LogP contribution in [0.5, 0.6) is 0 Å². The first kappa shape index (κ1) is 17.4. The van der Waals surface area contributed by atoms with Crippen LogP contribution in [-0.2, 0) is 21.1 Å². The van der Waals surface area contributed by atoms with Gasteiger partial charge in [-0.3, -0.25) is 4.79 Å².